The molecule has 3 aromatic rings. The first kappa shape index (κ1) is 19.9. The number of thiazole rings is 1. The number of halogens is 1. The third-order valence-electron chi connectivity index (χ3n) is 4.92. The Balaban J connectivity index is 1.59. The molecular formula is C22H21ClN2O3S. The molecule has 1 atom stereocenters. The SMILES string of the molecule is O=C(c1csc(-c2ccccc2Cl)n1)N(Cc1ccccc1O)CC1CCCO1. The predicted molar refractivity (Wildman–Crippen MR) is 114 cm³/mol. The number of para-hydroxylation sites is 1. The molecule has 1 aromatic heterocycles. The quantitative estimate of drug-likeness (QED) is 0.600. The van der Waals surface area contributed by atoms with Crippen LogP contribution in [0.5, 0.6) is 5.75 Å². The van der Waals surface area contributed by atoms with E-state index >= 15 is 0 Å². The zero-order valence-electron chi connectivity index (χ0n) is 15.8. The van der Waals surface area contributed by atoms with E-state index in [1.54, 1.807) is 22.4 Å². The van der Waals surface area contributed by atoms with Crippen molar-refractivity contribution in [2.24, 2.45) is 0 Å². The van der Waals surface area contributed by atoms with Crippen LogP contribution >= 0.6 is 22.9 Å². The molecule has 0 spiro atoms. The standard InChI is InChI=1S/C22H21ClN2O3S/c23-18-9-3-2-8-17(18)21-24-19(14-29-21)22(27)25(13-16-7-5-11-28-16)12-15-6-1-4-10-20(15)26/h1-4,6,8-10,14,16,26H,5,7,11-13H2. The van der Waals surface area contributed by atoms with E-state index in [9.17, 15) is 9.90 Å². The number of phenolic OH excluding ortho intramolecular Hbond substituents is 1. The lowest BCUT2D eigenvalue weighted by atomic mass is 10.1. The Kier molecular flexibility index (Phi) is 6.13. The zero-order chi connectivity index (χ0) is 20.2. The Morgan fingerprint density at radius 2 is 2.03 bits per heavy atom. The summed E-state index contributed by atoms with van der Waals surface area (Å²) in [6.07, 6.45) is 1.93. The van der Waals surface area contributed by atoms with Crippen LogP contribution in [0, 0.1) is 0 Å². The summed E-state index contributed by atoms with van der Waals surface area (Å²) < 4.78 is 5.74. The Hall–Kier alpha value is -2.41. The van der Waals surface area contributed by atoms with Gasteiger partial charge in [0, 0.05) is 36.2 Å². The Morgan fingerprint density at radius 3 is 2.79 bits per heavy atom. The fourth-order valence-corrected chi connectivity index (χ4v) is 4.51. The molecule has 1 unspecified atom stereocenters. The third kappa shape index (κ3) is 4.61. The molecule has 29 heavy (non-hydrogen) atoms. The summed E-state index contributed by atoms with van der Waals surface area (Å²) in [6.45, 7) is 1.48. The highest BCUT2D eigenvalue weighted by Crippen LogP contribution is 2.31. The lowest BCUT2D eigenvalue weighted by Gasteiger charge is -2.25. The molecule has 1 fully saturated rings. The first-order chi connectivity index (χ1) is 14.1. The summed E-state index contributed by atoms with van der Waals surface area (Å²) in [5.41, 5.74) is 1.88. The summed E-state index contributed by atoms with van der Waals surface area (Å²) in [6, 6.07) is 14.5. The van der Waals surface area contributed by atoms with Crippen molar-refractivity contribution in [3.05, 3.63) is 70.2 Å². The molecule has 4 rings (SSSR count). The fourth-order valence-electron chi connectivity index (χ4n) is 3.40. The van der Waals surface area contributed by atoms with E-state index in [1.807, 2.05) is 36.4 Å². The van der Waals surface area contributed by atoms with E-state index in [0.29, 0.717) is 34.4 Å². The van der Waals surface area contributed by atoms with Gasteiger partial charge in [-0.25, -0.2) is 4.98 Å². The maximum Gasteiger partial charge on any atom is 0.273 e. The van der Waals surface area contributed by atoms with Gasteiger partial charge < -0.3 is 14.7 Å². The topological polar surface area (TPSA) is 62.7 Å². The minimum Gasteiger partial charge on any atom is -0.508 e. The number of amides is 1. The lowest BCUT2D eigenvalue weighted by molar-refractivity contribution is 0.0502. The molecule has 7 heteroatoms. The third-order valence-corrected chi connectivity index (χ3v) is 6.12. The molecule has 2 heterocycles. The molecule has 1 aliphatic rings. The molecule has 0 bridgehead atoms. The average Bonchev–Trinajstić information content (AvgIpc) is 3.41. The van der Waals surface area contributed by atoms with Crippen molar-refractivity contribution in [3.8, 4) is 16.3 Å². The number of hydrogen-bond donors (Lipinski definition) is 1. The van der Waals surface area contributed by atoms with Crippen LogP contribution < -0.4 is 0 Å². The Bertz CT molecular complexity index is 1000. The van der Waals surface area contributed by atoms with Gasteiger partial charge in [-0.05, 0) is 25.0 Å². The van der Waals surface area contributed by atoms with Crippen LogP contribution in [0.25, 0.3) is 10.6 Å². The monoisotopic (exact) mass is 428 g/mol. The van der Waals surface area contributed by atoms with Gasteiger partial charge in [-0.15, -0.1) is 11.3 Å². The van der Waals surface area contributed by atoms with E-state index in [-0.39, 0.29) is 17.8 Å². The van der Waals surface area contributed by atoms with E-state index in [0.717, 1.165) is 25.0 Å². The number of nitrogens with zero attached hydrogens (tertiary/aromatic N) is 2. The van der Waals surface area contributed by atoms with Gasteiger partial charge >= 0.3 is 0 Å². The number of carbonyl (C=O) groups excluding carboxylic acids is 1. The van der Waals surface area contributed by atoms with E-state index < -0.39 is 0 Å². The second kappa shape index (κ2) is 8.95. The second-order valence-electron chi connectivity index (χ2n) is 6.97. The van der Waals surface area contributed by atoms with Gasteiger partial charge in [0.15, 0.2) is 0 Å². The Morgan fingerprint density at radius 1 is 1.24 bits per heavy atom. The number of aromatic hydroxyl groups is 1. The van der Waals surface area contributed by atoms with E-state index in [4.69, 9.17) is 16.3 Å². The van der Waals surface area contributed by atoms with Crippen LogP contribution in [0.4, 0.5) is 0 Å². The van der Waals surface area contributed by atoms with E-state index in [1.165, 1.54) is 11.3 Å². The lowest BCUT2D eigenvalue weighted by Crippen LogP contribution is -2.37. The van der Waals surface area contributed by atoms with Crippen molar-refractivity contribution < 1.29 is 14.6 Å². The maximum atomic E-state index is 13.3. The first-order valence-electron chi connectivity index (χ1n) is 9.50. The highest BCUT2D eigenvalue weighted by molar-refractivity contribution is 7.13. The molecule has 1 saturated heterocycles. The summed E-state index contributed by atoms with van der Waals surface area (Å²) in [5, 5.41) is 13.2. The average molecular weight is 429 g/mol. The van der Waals surface area contributed by atoms with Crippen LogP contribution in [-0.2, 0) is 11.3 Å². The molecule has 0 aliphatic carbocycles. The molecule has 150 valence electrons. The summed E-state index contributed by atoms with van der Waals surface area (Å²) in [5.74, 6) is -0.00835. The van der Waals surface area contributed by atoms with Gasteiger partial charge in [-0.3, -0.25) is 4.79 Å². The van der Waals surface area contributed by atoms with Crippen LogP contribution in [0.15, 0.2) is 53.9 Å². The summed E-state index contributed by atoms with van der Waals surface area (Å²) in [7, 11) is 0. The first-order valence-corrected chi connectivity index (χ1v) is 10.8. The molecular weight excluding hydrogens is 408 g/mol. The minimum atomic E-state index is -0.182. The Labute approximate surface area is 178 Å². The molecule has 1 N–H and O–H groups in total. The fraction of sp³-hybridized carbons (Fsp3) is 0.273. The maximum absolute atomic E-state index is 13.3. The summed E-state index contributed by atoms with van der Waals surface area (Å²) in [4.78, 5) is 19.5. The number of hydrogen-bond acceptors (Lipinski definition) is 5. The van der Waals surface area contributed by atoms with Crippen molar-refractivity contribution in [1.82, 2.24) is 9.88 Å². The normalized spacial score (nSPS) is 16.1. The number of ether oxygens (including phenoxy) is 1. The van der Waals surface area contributed by atoms with Crippen LogP contribution in [-0.4, -0.2) is 40.2 Å². The van der Waals surface area contributed by atoms with Crippen LogP contribution in [0.3, 0.4) is 0 Å². The van der Waals surface area contributed by atoms with Gasteiger partial charge in [0.2, 0.25) is 0 Å². The van der Waals surface area contributed by atoms with Gasteiger partial charge in [-0.1, -0.05) is 48.0 Å². The smallest absolute Gasteiger partial charge is 0.273 e. The molecule has 0 radical (unpaired) electrons. The van der Waals surface area contributed by atoms with Crippen molar-refractivity contribution in [2.75, 3.05) is 13.2 Å². The van der Waals surface area contributed by atoms with Gasteiger partial charge in [-0.2, -0.15) is 0 Å². The summed E-state index contributed by atoms with van der Waals surface area (Å²) >= 11 is 7.67. The second-order valence-corrected chi connectivity index (χ2v) is 8.23. The number of benzene rings is 2. The highest BCUT2D eigenvalue weighted by atomic mass is 35.5. The van der Waals surface area contributed by atoms with Crippen molar-refractivity contribution in [1.29, 1.82) is 0 Å². The molecule has 1 amide bonds. The van der Waals surface area contributed by atoms with Crippen LogP contribution in [0.1, 0.15) is 28.9 Å². The molecule has 1 aliphatic heterocycles. The number of carbonyl (C=O) groups is 1. The number of phenols is 1. The zero-order valence-corrected chi connectivity index (χ0v) is 17.3. The molecule has 5 nitrogen and oxygen atoms in total. The number of aromatic nitrogens is 1. The van der Waals surface area contributed by atoms with Gasteiger partial charge in [0.1, 0.15) is 16.5 Å². The van der Waals surface area contributed by atoms with Crippen molar-refractivity contribution in [2.45, 2.75) is 25.5 Å². The van der Waals surface area contributed by atoms with Gasteiger partial charge in [0.25, 0.3) is 5.91 Å². The van der Waals surface area contributed by atoms with Crippen molar-refractivity contribution in [3.63, 3.8) is 0 Å². The molecule has 0 saturated carbocycles. The minimum absolute atomic E-state index is 0.00600. The van der Waals surface area contributed by atoms with Crippen molar-refractivity contribution >= 4 is 28.8 Å². The van der Waals surface area contributed by atoms with Crippen LogP contribution in [0.2, 0.25) is 5.02 Å². The molecule has 2 aromatic carbocycles. The largest absolute Gasteiger partial charge is 0.508 e. The predicted octanol–water partition coefficient (Wildman–Crippen LogP) is 4.99. The van der Waals surface area contributed by atoms with Gasteiger partial charge in [0.05, 0.1) is 11.1 Å². The van der Waals surface area contributed by atoms with E-state index in [2.05, 4.69) is 4.98 Å². The highest BCUT2D eigenvalue weighted by Gasteiger charge is 2.26. The number of rotatable bonds is 6.